The van der Waals surface area contributed by atoms with Gasteiger partial charge in [0.05, 0.1) is 11.1 Å². The fourth-order valence-corrected chi connectivity index (χ4v) is 7.18. The number of ether oxygens (including phenoxy) is 1. The van der Waals surface area contributed by atoms with Gasteiger partial charge in [-0.3, -0.25) is 4.79 Å². The average molecular weight is 515 g/mol. The number of halogens is 3. The van der Waals surface area contributed by atoms with Crippen molar-refractivity contribution in [3.05, 3.63) is 69.5 Å². The zero-order valence-corrected chi connectivity index (χ0v) is 21.5. The molecule has 3 fully saturated rings. The minimum Gasteiger partial charge on any atom is -0.443 e. The van der Waals surface area contributed by atoms with Crippen molar-refractivity contribution < 1.29 is 13.9 Å². The third kappa shape index (κ3) is 3.86. The van der Waals surface area contributed by atoms with Gasteiger partial charge >= 0.3 is 5.97 Å². The van der Waals surface area contributed by atoms with Crippen molar-refractivity contribution in [3.8, 4) is 6.07 Å². The van der Waals surface area contributed by atoms with Crippen LogP contribution in [0.2, 0.25) is 10.0 Å². The number of esters is 1. The summed E-state index contributed by atoms with van der Waals surface area (Å²) in [5.74, 6) is -1.40. The van der Waals surface area contributed by atoms with Gasteiger partial charge in [-0.2, -0.15) is 5.26 Å². The van der Waals surface area contributed by atoms with Gasteiger partial charge in [0.15, 0.2) is 5.72 Å². The van der Waals surface area contributed by atoms with Crippen molar-refractivity contribution in [1.82, 2.24) is 4.90 Å². The molecule has 2 aliphatic heterocycles. The Hall–Kier alpha value is -2.13. The quantitative estimate of drug-likeness (QED) is 0.412. The first-order chi connectivity index (χ1) is 16.7. The first-order valence-corrected chi connectivity index (χ1v) is 13.1. The van der Waals surface area contributed by atoms with E-state index in [1.165, 1.54) is 12.5 Å². The molecule has 0 N–H and O–H groups in total. The Kier molecular flexibility index (Phi) is 6.36. The van der Waals surface area contributed by atoms with E-state index in [-0.39, 0.29) is 16.6 Å². The number of fused-ring (bicyclic) bond motifs is 1. The summed E-state index contributed by atoms with van der Waals surface area (Å²) in [4.78, 5) is 15.5. The average Bonchev–Trinajstić information content (AvgIpc) is 3.26. The maximum Gasteiger partial charge on any atom is 0.325 e. The molecule has 184 valence electrons. The SMILES string of the molecule is CC1(C)OC(=O)[C@@H]2[C@H](c3cccc(Cl)c3F)[C@@](C#N)(c3ccc(Cl)cc3)[C@H](CC3CCCCC3)N21. The molecule has 0 unspecified atom stereocenters. The smallest absolute Gasteiger partial charge is 0.325 e. The maximum absolute atomic E-state index is 15.6. The fraction of sp³-hybridized carbons (Fsp3) is 0.500. The molecule has 4 nitrogen and oxygen atoms in total. The lowest BCUT2D eigenvalue weighted by Crippen LogP contribution is -2.51. The third-order valence-electron chi connectivity index (χ3n) is 8.29. The summed E-state index contributed by atoms with van der Waals surface area (Å²) in [7, 11) is 0. The van der Waals surface area contributed by atoms with Crippen LogP contribution in [0.1, 0.15) is 69.4 Å². The first-order valence-electron chi connectivity index (χ1n) is 12.3. The Labute approximate surface area is 216 Å². The number of hydrogen-bond donors (Lipinski definition) is 0. The Balaban J connectivity index is 1.77. The molecule has 2 aromatic rings. The summed E-state index contributed by atoms with van der Waals surface area (Å²) >= 11 is 12.4. The Morgan fingerprint density at radius 3 is 2.46 bits per heavy atom. The van der Waals surface area contributed by atoms with Gasteiger partial charge < -0.3 is 4.74 Å². The molecule has 1 aliphatic carbocycles. The predicted molar refractivity (Wildman–Crippen MR) is 134 cm³/mol. The van der Waals surface area contributed by atoms with E-state index >= 15 is 4.39 Å². The summed E-state index contributed by atoms with van der Waals surface area (Å²) in [6.45, 7) is 3.72. The molecule has 1 saturated carbocycles. The molecule has 2 saturated heterocycles. The normalized spacial score (nSPS) is 30.6. The number of hydrogen-bond acceptors (Lipinski definition) is 4. The molecule has 7 heteroatoms. The largest absolute Gasteiger partial charge is 0.443 e. The van der Waals surface area contributed by atoms with Crippen molar-refractivity contribution in [2.24, 2.45) is 5.92 Å². The van der Waals surface area contributed by atoms with E-state index in [0.29, 0.717) is 10.9 Å². The Morgan fingerprint density at radius 2 is 1.80 bits per heavy atom. The van der Waals surface area contributed by atoms with E-state index in [1.807, 2.05) is 30.9 Å². The maximum atomic E-state index is 15.6. The number of rotatable bonds is 4. The highest BCUT2D eigenvalue weighted by Crippen LogP contribution is 2.59. The minimum atomic E-state index is -1.20. The third-order valence-corrected chi connectivity index (χ3v) is 8.83. The molecular formula is C28H29Cl2FN2O2. The number of nitriles is 1. The molecule has 2 aromatic carbocycles. The van der Waals surface area contributed by atoms with Crippen LogP contribution in [0, 0.1) is 23.1 Å². The van der Waals surface area contributed by atoms with Crippen LogP contribution in [-0.2, 0) is 14.9 Å². The second-order valence-corrected chi connectivity index (χ2v) is 11.4. The van der Waals surface area contributed by atoms with Crippen LogP contribution in [0.5, 0.6) is 0 Å². The van der Waals surface area contributed by atoms with Gasteiger partial charge in [-0.05, 0) is 55.5 Å². The van der Waals surface area contributed by atoms with E-state index in [0.717, 1.165) is 37.7 Å². The van der Waals surface area contributed by atoms with E-state index in [4.69, 9.17) is 27.9 Å². The van der Waals surface area contributed by atoms with Gasteiger partial charge in [-0.1, -0.05) is 79.6 Å². The molecule has 0 spiro atoms. The zero-order valence-electron chi connectivity index (χ0n) is 19.9. The predicted octanol–water partition coefficient (Wildman–Crippen LogP) is 6.99. The second kappa shape index (κ2) is 9.07. The summed E-state index contributed by atoms with van der Waals surface area (Å²) in [6, 6.07) is 13.5. The zero-order chi connectivity index (χ0) is 25.0. The lowest BCUT2D eigenvalue weighted by Gasteiger charge is -2.42. The molecule has 4 atom stereocenters. The van der Waals surface area contributed by atoms with Crippen molar-refractivity contribution in [3.63, 3.8) is 0 Å². The van der Waals surface area contributed by atoms with Gasteiger partial charge in [0, 0.05) is 17.0 Å². The van der Waals surface area contributed by atoms with Crippen LogP contribution in [0.4, 0.5) is 4.39 Å². The fourth-order valence-electron chi connectivity index (χ4n) is 6.87. The molecule has 3 aliphatic rings. The van der Waals surface area contributed by atoms with Crippen molar-refractivity contribution in [2.45, 2.75) is 81.5 Å². The molecule has 35 heavy (non-hydrogen) atoms. The van der Waals surface area contributed by atoms with Crippen LogP contribution in [-0.4, -0.2) is 28.7 Å². The molecule has 0 radical (unpaired) electrons. The number of carbonyl (C=O) groups excluding carboxylic acids is 1. The van der Waals surface area contributed by atoms with E-state index in [1.54, 1.807) is 24.3 Å². The summed E-state index contributed by atoms with van der Waals surface area (Å²) in [6.07, 6.45) is 6.44. The summed E-state index contributed by atoms with van der Waals surface area (Å²) in [5.41, 5.74) is -1.13. The summed E-state index contributed by atoms with van der Waals surface area (Å²) in [5, 5.41) is 11.5. The second-order valence-electron chi connectivity index (χ2n) is 10.6. The lowest BCUT2D eigenvalue weighted by molar-refractivity contribution is -0.152. The standard InChI is InChI=1S/C28H29Cl2FN2O2/c1-27(2)33-22(15-17-7-4-3-5-8-17)28(16-32,18-11-13-19(29)14-12-18)23(25(33)26(34)35-27)20-9-6-10-21(30)24(20)31/h6,9-14,17,22-23,25H,3-5,7-8,15H2,1-2H3/t22-,23-,25-,28-/m0/s1. The molecule has 0 aromatic heterocycles. The van der Waals surface area contributed by atoms with Crippen LogP contribution in [0.3, 0.4) is 0 Å². The Bertz CT molecular complexity index is 1170. The highest BCUT2D eigenvalue weighted by molar-refractivity contribution is 6.31. The van der Waals surface area contributed by atoms with Crippen molar-refractivity contribution in [1.29, 1.82) is 5.26 Å². The van der Waals surface area contributed by atoms with Gasteiger partial charge in [0.1, 0.15) is 17.3 Å². The monoisotopic (exact) mass is 514 g/mol. The number of carbonyl (C=O) groups is 1. The highest BCUT2D eigenvalue weighted by Gasteiger charge is 2.70. The molecule has 0 bridgehead atoms. The number of cyclic esters (lactones) is 1. The molecular weight excluding hydrogens is 486 g/mol. The van der Waals surface area contributed by atoms with Gasteiger partial charge in [-0.25, -0.2) is 9.29 Å². The highest BCUT2D eigenvalue weighted by atomic mass is 35.5. The number of benzene rings is 2. The molecule has 5 rings (SSSR count). The lowest BCUT2D eigenvalue weighted by atomic mass is 9.63. The minimum absolute atomic E-state index is 0.0293. The van der Waals surface area contributed by atoms with E-state index < -0.39 is 34.9 Å². The number of nitrogens with zero attached hydrogens (tertiary/aromatic N) is 2. The van der Waals surface area contributed by atoms with Crippen LogP contribution in [0.15, 0.2) is 42.5 Å². The van der Waals surface area contributed by atoms with Gasteiger partial charge in [-0.15, -0.1) is 0 Å². The van der Waals surface area contributed by atoms with E-state index in [2.05, 4.69) is 6.07 Å². The first kappa shape index (κ1) is 24.6. The van der Waals surface area contributed by atoms with Gasteiger partial charge in [0.25, 0.3) is 0 Å². The van der Waals surface area contributed by atoms with E-state index in [9.17, 15) is 10.1 Å². The van der Waals surface area contributed by atoms with Gasteiger partial charge in [0.2, 0.25) is 0 Å². The van der Waals surface area contributed by atoms with Crippen LogP contribution in [0.25, 0.3) is 0 Å². The molecule has 2 heterocycles. The molecule has 0 amide bonds. The van der Waals surface area contributed by atoms with Crippen LogP contribution < -0.4 is 0 Å². The Morgan fingerprint density at radius 1 is 1.11 bits per heavy atom. The van der Waals surface area contributed by atoms with Crippen molar-refractivity contribution >= 4 is 29.2 Å². The van der Waals surface area contributed by atoms with Crippen molar-refractivity contribution in [2.75, 3.05) is 0 Å². The summed E-state index contributed by atoms with van der Waals surface area (Å²) < 4.78 is 21.5. The van der Waals surface area contributed by atoms with Crippen LogP contribution >= 0.6 is 23.2 Å². The topological polar surface area (TPSA) is 53.3 Å².